The van der Waals surface area contributed by atoms with Crippen LogP contribution in [0.5, 0.6) is 0 Å². The molecule has 0 spiro atoms. The fourth-order valence-corrected chi connectivity index (χ4v) is 3.85. The van der Waals surface area contributed by atoms with Crippen LogP contribution in [0.15, 0.2) is 30.5 Å². The van der Waals surface area contributed by atoms with Gasteiger partial charge < -0.3 is 15.4 Å². The number of nitrogens with zero attached hydrogens (tertiary/aromatic N) is 1. The predicted octanol–water partition coefficient (Wildman–Crippen LogP) is 5.24. The molecule has 2 heterocycles. The quantitative estimate of drug-likeness (QED) is 0.642. The van der Waals surface area contributed by atoms with Crippen LogP contribution < -0.4 is 10.6 Å². The first-order valence-electron chi connectivity index (χ1n) is 8.91. The number of carbonyl (C=O) groups is 1. The normalized spacial score (nSPS) is 18.7. The molecule has 1 atom stereocenters. The van der Waals surface area contributed by atoms with E-state index >= 15 is 0 Å². The molecule has 5 nitrogen and oxygen atoms in total. The van der Waals surface area contributed by atoms with Gasteiger partial charge >= 0.3 is 0 Å². The first-order chi connectivity index (χ1) is 12.9. The van der Waals surface area contributed by atoms with Gasteiger partial charge in [0, 0.05) is 41.2 Å². The largest absolute Gasteiger partial charge is 0.385 e. The summed E-state index contributed by atoms with van der Waals surface area (Å²) in [5.41, 5.74) is 2.41. The average molecular weight is 408 g/mol. The number of hydrogen-bond acceptors (Lipinski definition) is 4. The van der Waals surface area contributed by atoms with E-state index < -0.39 is 0 Å². The molecule has 7 heteroatoms. The average Bonchev–Trinajstić information content (AvgIpc) is 2.62. The van der Waals surface area contributed by atoms with Gasteiger partial charge in [-0.25, -0.2) is 4.98 Å². The lowest BCUT2D eigenvalue weighted by Gasteiger charge is -2.35. The molecule has 0 bridgehead atoms. The summed E-state index contributed by atoms with van der Waals surface area (Å²) >= 11 is 12.7. The highest BCUT2D eigenvalue weighted by atomic mass is 35.5. The van der Waals surface area contributed by atoms with Crippen LogP contribution in [0.25, 0.3) is 11.1 Å². The van der Waals surface area contributed by atoms with Gasteiger partial charge in [-0.2, -0.15) is 0 Å². The van der Waals surface area contributed by atoms with E-state index in [0.29, 0.717) is 28.2 Å². The third kappa shape index (κ3) is 5.12. The lowest BCUT2D eigenvalue weighted by Crippen LogP contribution is -2.36. The number of carbonyl (C=O) groups excluding carboxylic acids is 1. The number of hydrogen-bond donors (Lipinski definition) is 2. The second-order valence-electron chi connectivity index (χ2n) is 7.35. The highest BCUT2D eigenvalue weighted by Crippen LogP contribution is 2.36. The Kier molecular flexibility index (Phi) is 6.25. The van der Waals surface area contributed by atoms with Crippen LogP contribution in [0.2, 0.25) is 10.0 Å². The Balaban J connectivity index is 1.79. The lowest BCUT2D eigenvalue weighted by atomic mass is 9.88. The van der Waals surface area contributed by atoms with E-state index in [0.717, 1.165) is 42.8 Å². The number of aromatic nitrogens is 1. The number of nitrogens with one attached hydrogen (secondary N) is 2. The number of benzene rings is 1. The van der Waals surface area contributed by atoms with E-state index in [1.165, 1.54) is 6.20 Å². The lowest BCUT2D eigenvalue weighted by molar-refractivity contribution is -0.105. The Hall–Kier alpha value is -1.82. The first kappa shape index (κ1) is 19.9. The number of amides is 1. The molecule has 0 radical (unpaired) electrons. The minimum Gasteiger partial charge on any atom is -0.385 e. The zero-order chi connectivity index (χ0) is 19.4. The van der Waals surface area contributed by atoms with Crippen LogP contribution in [0.4, 0.5) is 11.5 Å². The van der Waals surface area contributed by atoms with Crippen molar-refractivity contribution in [2.75, 3.05) is 23.8 Å². The van der Waals surface area contributed by atoms with E-state index in [-0.39, 0.29) is 5.60 Å². The van der Waals surface area contributed by atoms with Gasteiger partial charge in [0.25, 0.3) is 0 Å². The van der Waals surface area contributed by atoms with Gasteiger partial charge in [-0.05, 0) is 56.9 Å². The van der Waals surface area contributed by atoms with E-state index in [9.17, 15) is 4.79 Å². The van der Waals surface area contributed by atoms with Crippen LogP contribution in [0.1, 0.15) is 26.7 Å². The number of pyridine rings is 1. The van der Waals surface area contributed by atoms with Gasteiger partial charge in [0.05, 0.1) is 10.6 Å². The Morgan fingerprint density at radius 1 is 1.26 bits per heavy atom. The molecular weight excluding hydrogens is 385 g/mol. The molecule has 2 aromatic rings. The third-order valence-electron chi connectivity index (χ3n) is 4.71. The first-order valence-corrected chi connectivity index (χ1v) is 9.67. The van der Waals surface area contributed by atoms with Gasteiger partial charge in [0.15, 0.2) is 0 Å². The van der Waals surface area contributed by atoms with Crippen LogP contribution >= 0.6 is 23.2 Å². The number of halogens is 2. The van der Waals surface area contributed by atoms with E-state index in [4.69, 9.17) is 27.9 Å². The Morgan fingerprint density at radius 3 is 2.78 bits per heavy atom. The number of rotatable bonds is 6. The van der Waals surface area contributed by atoms with Gasteiger partial charge in [-0.1, -0.05) is 23.2 Å². The molecule has 1 aromatic carbocycles. The van der Waals surface area contributed by atoms with Gasteiger partial charge in [0.1, 0.15) is 5.82 Å². The van der Waals surface area contributed by atoms with Crippen LogP contribution in [-0.2, 0) is 9.53 Å². The van der Waals surface area contributed by atoms with Crippen LogP contribution in [-0.4, -0.2) is 30.1 Å². The third-order valence-corrected chi connectivity index (χ3v) is 5.34. The van der Waals surface area contributed by atoms with E-state index in [1.54, 1.807) is 6.07 Å². The molecule has 3 rings (SSSR count). The molecule has 144 valence electrons. The zero-order valence-corrected chi connectivity index (χ0v) is 16.9. The van der Waals surface area contributed by atoms with Crippen molar-refractivity contribution in [3.63, 3.8) is 0 Å². The van der Waals surface area contributed by atoms with Crippen molar-refractivity contribution in [2.24, 2.45) is 5.92 Å². The second-order valence-corrected chi connectivity index (χ2v) is 8.17. The molecule has 2 N–H and O–H groups in total. The highest BCUT2D eigenvalue weighted by molar-refractivity contribution is 6.36. The summed E-state index contributed by atoms with van der Waals surface area (Å²) in [4.78, 5) is 14.8. The van der Waals surface area contributed by atoms with Gasteiger partial charge in [-0.3, -0.25) is 4.79 Å². The maximum Gasteiger partial charge on any atom is 0.212 e. The Bertz CT molecular complexity index is 827. The summed E-state index contributed by atoms with van der Waals surface area (Å²) in [5.74, 6) is 0.976. The monoisotopic (exact) mass is 407 g/mol. The number of anilines is 2. The fourth-order valence-electron chi connectivity index (χ4n) is 3.42. The fraction of sp³-hybridized carbons (Fsp3) is 0.400. The molecule has 1 fully saturated rings. The summed E-state index contributed by atoms with van der Waals surface area (Å²) in [6.45, 7) is 5.94. The standard InChI is InChI=1S/C20H23Cl2N3O2/c1-20(2)9-13(5-6-27-20)10-23-14-3-4-17(21)15(7-14)16-8-19(25-12-26)24-11-18(16)22/h3-4,7-8,11-13,23H,5-6,9-10H2,1-2H3,(H,24,25,26). The Labute approximate surface area is 169 Å². The zero-order valence-electron chi connectivity index (χ0n) is 15.4. The summed E-state index contributed by atoms with van der Waals surface area (Å²) in [6.07, 6.45) is 4.16. The van der Waals surface area contributed by atoms with Crippen LogP contribution in [0, 0.1) is 5.92 Å². The molecule has 1 aliphatic rings. The van der Waals surface area contributed by atoms with Gasteiger partial charge in [-0.15, -0.1) is 0 Å². The van der Waals surface area contributed by atoms with Crippen molar-refractivity contribution >= 4 is 41.1 Å². The Morgan fingerprint density at radius 2 is 2.04 bits per heavy atom. The highest BCUT2D eigenvalue weighted by Gasteiger charge is 2.28. The summed E-state index contributed by atoms with van der Waals surface area (Å²) in [7, 11) is 0. The second kappa shape index (κ2) is 8.46. The van der Waals surface area contributed by atoms with Crippen molar-refractivity contribution in [3.05, 3.63) is 40.5 Å². The van der Waals surface area contributed by atoms with Gasteiger partial charge in [0.2, 0.25) is 6.41 Å². The van der Waals surface area contributed by atoms with Crippen molar-refractivity contribution in [1.29, 1.82) is 0 Å². The topological polar surface area (TPSA) is 63.2 Å². The number of ether oxygens (including phenoxy) is 1. The molecule has 1 aliphatic heterocycles. The molecule has 1 unspecified atom stereocenters. The molecule has 0 saturated carbocycles. The smallest absolute Gasteiger partial charge is 0.212 e. The van der Waals surface area contributed by atoms with E-state index in [2.05, 4.69) is 29.5 Å². The SMILES string of the molecule is CC1(C)CC(CNc2ccc(Cl)c(-c3cc(NC=O)ncc3Cl)c2)CCO1. The predicted molar refractivity (Wildman–Crippen MR) is 111 cm³/mol. The minimum absolute atomic E-state index is 0.0672. The maximum absolute atomic E-state index is 10.7. The summed E-state index contributed by atoms with van der Waals surface area (Å²) < 4.78 is 5.79. The van der Waals surface area contributed by atoms with Crippen molar-refractivity contribution in [3.8, 4) is 11.1 Å². The van der Waals surface area contributed by atoms with Crippen molar-refractivity contribution in [2.45, 2.75) is 32.3 Å². The molecule has 1 saturated heterocycles. The molecule has 1 amide bonds. The van der Waals surface area contributed by atoms with E-state index in [1.807, 2.05) is 18.2 Å². The summed E-state index contributed by atoms with van der Waals surface area (Å²) in [5, 5.41) is 7.09. The van der Waals surface area contributed by atoms with Crippen molar-refractivity contribution < 1.29 is 9.53 Å². The summed E-state index contributed by atoms with van der Waals surface area (Å²) in [6, 6.07) is 7.48. The molecule has 1 aromatic heterocycles. The molecule has 27 heavy (non-hydrogen) atoms. The maximum atomic E-state index is 10.7. The molecular formula is C20H23Cl2N3O2. The minimum atomic E-state index is -0.0672. The molecule has 0 aliphatic carbocycles. The van der Waals surface area contributed by atoms with Crippen LogP contribution in [0.3, 0.4) is 0 Å². The van der Waals surface area contributed by atoms with Crippen molar-refractivity contribution in [1.82, 2.24) is 4.98 Å².